The van der Waals surface area contributed by atoms with Crippen LogP contribution in [0.4, 0.5) is 0 Å². The first-order chi connectivity index (χ1) is 15.3. The molecule has 0 aliphatic heterocycles. The van der Waals surface area contributed by atoms with E-state index in [-0.39, 0.29) is 11.3 Å². The summed E-state index contributed by atoms with van der Waals surface area (Å²) in [6.07, 6.45) is 3.81. The minimum absolute atomic E-state index is 0.210. The molecule has 0 spiro atoms. The van der Waals surface area contributed by atoms with E-state index in [2.05, 4.69) is 48.9 Å². The number of carboxylic acid groups (broad SMARTS) is 1. The summed E-state index contributed by atoms with van der Waals surface area (Å²) >= 11 is 6.79. The first-order valence-corrected chi connectivity index (χ1v) is 11.4. The maximum absolute atomic E-state index is 13.2. The van der Waals surface area contributed by atoms with Crippen LogP contribution in [0.1, 0.15) is 31.2 Å². The monoisotopic (exact) mass is 565 g/mol. The molecule has 8 nitrogen and oxygen atoms in total. The van der Waals surface area contributed by atoms with E-state index in [4.69, 9.17) is 14.6 Å². The molecule has 168 valence electrons. The highest BCUT2D eigenvalue weighted by molar-refractivity contribution is 9.10. The second-order valence-corrected chi connectivity index (χ2v) is 8.69. The third-order valence-corrected chi connectivity index (χ3v) is 5.50. The van der Waals surface area contributed by atoms with Crippen molar-refractivity contribution in [3.8, 4) is 11.5 Å². The van der Waals surface area contributed by atoms with E-state index in [1.54, 1.807) is 24.3 Å². The molecule has 1 N–H and O–H groups in total. The Labute approximate surface area is 201 Å². The van der Waals surface area contributed by atoms with Gasteiger partial charge in [0.2, 0.25) is 0 Å². The van der Waals surface area contributed by atoms with Gasteiger partial charge < -0.3 is 14.6 Å². The Balaban J connectivity index is 2.15. The smallest absolute Gasteiger partial charge is 0.341 e. The number of benzene rings is 2. The molecule has 0 aliphatic carbocycles. The molecule has 32 heavy (non-hydrogen) atoms. The van der Waals surface area contributed by atoms with Crippen LogP contribution in [0.15, 0.2) is 49.2 Å². The number of aryl methyl sites for hydroxylation is 1. The second kappa shape index (κ2) is 10.7. The first kappa shape index (κ1) is 23.9. The lowest BCUT2D eigenvalue weighted by Gasteiger charge is -2.13. The predicted molar refractivity (Wildman–Crippen MR) is 129 cm³/mol. The molecule has 0 radical (unpaired) electrons. The van der Waals surface area contributed by atoms with Crippen molar-refractivity contribution >= 4 is 54.9 Å². The van der Waals surface area contributed by atoms with Crippen molar-refractivity contribution in [2.24, 2.45) is 5.10 Å². The number of carbonyl (C=O) groups is 1. The number of carboxylic acids is 1. The number of aromatic nitrogens is 2. The molecule has 3 rings (SSSR count). The summed E-state index contributed by atoms with van der Waals surface area (Å²) in [4.78, 5) is 28.9. The molecule has 0 fully saturated rings. The van der Waals surface area contributed by atoms with Crippen LogP contribution in [0.3, 0.4) is 0 Å². The molecule has 0 atom stereocenters. The van der Waals surface area contributed by atoms with E-state index >= 15 is 0 Å². The number of hydrogen-bond donors (Lipinski definition) is 1. The lowest BCUT2D eigenvalue weighted by Crippen LogP contribution is -2.22. The summed E-state index contributed by atoms with van der Waals surface area (Å²) in [5.74, 6) is -0.0409. The van der Waals surface area contributed by atoms with E-state index in [1.165, 1.54) is 18.0 Å². The summed E-state index contributed by atoms with van der Waals surface area (Å²) in [5, 5.41) is 13.9. The molecule has 0 saturated carbocycles. The number of aliphatic carboxylic acids is 1. The zero-order chi connectivity index (χ0) is 23.3. The Morgan fingerprint density at radius 1 is 1.25 bits per heavy atom. The van der Waals surface area contributed by atoms with Crippen molar-refractivity contribution in [3.05, 3.63) is 61.0 Å². The minimum Gasteiger partial charge on any atom is -0.493 e. The zero-order valence-corrected chi connectivity index (χ0v) is 20.6. The van der Waals surface area contributed by atoms with Gasteiger partial charge in [-0.1, -0.05) is 45.2 Å². The summed E-state index contributed by atoms with van der Waals surface area (Å²) < 4.78 is 13.5. The maximum Gasteiger partial charge on any atom is 0.341 e. The number of nitrogens with zero attached hydrogens (tertiary/aromatic N) is 3. The second-order valence-electron chi connectivity index (χ2n) is 6.86. The molecular weight excluding hydrogens is 546 g/mol. The molecule has 0 unspecified atom stereocenters. The fourth-order valence-corrected chi connectivity index (χ4v) is 3.87. The molecule has 1 heterocycles. The van der Waals surface area contributed by atoms with Crippen LogP contribution in [0, 0.1) is 0 Å². The van der Waals surface area contributed by atoms with Gasteiger partial charge in [-0.15, -0.1) is 0 Å². The van der Waals surface area contributed by atoms with Gasteiger partial charge in [-0.2, -0.15) is 9.78 Å². The van der Waals surface area contributed by atoms with Gasteiger partial charge >= 0.3 is 5.97 Å². The molecule has 0 amide bonds. The Hall–Kier alpha value is -2.72. The molecule has 1 aromatic heterocycles. The third kappa shape index (κ3) is 5.55. The fourth-order valence-electron chi connectivity index (χ4n) is 3.06. The van der Waals surface area contributed by atoms with Gasteiger partial charge in [0.05, 0.1) is 24.2 Å². The van der Waals surface area contributed by atoms with Crippen LogP contribution in [-0.2, 0) is 11.2 Å². The molecule has 2 aromatic carbocycles. The fraction of sp³-hybridized carbons (Fsp3) is 0.273. The average molecular weight is 567 g/mol. The van der Waals surface area contributed by atoms with Gasteiger partial charge in [0.25, 0.3) is 5.56 Å². The standard InChI is InChI=1S/C22H21Br2N3O5/c1-3-4-5-19-26-17-7-6-14(23)9-16(17)22(30)27(19)25-11-13-8-15(24)10-18(31-2)21(13)32-12-20(28)29/h6-11H,3-5,12H2,1-2H3,(H,28,29). The SMILES string of the molecule is CCCCc1nc2ccc(Br)cc2c(=O)n1N=Cc1cc(Br)cc(OC)c1OCC(=O)O. The van der Waals surface area contributed by atoms with Crippen molar-refractivity contribution in [2.75, 3.05) is 13.7 Å². The molecule has 10 heteroatoms. The highest BCUT2D eigenvalue weighted by Gasteiger charge is 2.15. The first-order valence-electron chi connectivity index (χ1n) is 9.81. The number of unbranched alkanes of at least 4 members (excludes halogenated alkanes) is 1. The number of fused-ring (bicyclic) bond motifs is 1. The van der Waals surface area contributed by atoms with E-state index in [9.17, 15) is 9.59 Å². The van der Waals surface area contributed by atoms with E-state index in [0.29, 0.717) is 38.9 Å². The number of rotatable bonds is 9. The number of hydrogen-bond acceptors (Lipinski definition) is 6. The van der Waals surface area contributed by atoms with Crippen molar-refractivity contribution in [3.63, 3.8) is 0 Å². The number of methoxy groups -OCH3 is 1. The number of halogens is 2. The van der Waals surface area contributed by atoms with Crippen molar-refractivity contribution in [1.29, 1.82) is 0 Å². The summed E-state index contributed by atoms with van der Waals surface area (Å²) in [6.45, 7) is 1.51. The van der Waals surface area contributed by atoms with Crippen LogP contribution in [0.25, 0.3) is 10.9 Å². The van der Waals surface area contributed by atoms with E-state index in [0.717, 1.165) is 17.3 Å². The minimum atomic E-state index is -1.12. The molecule has 0 bridgehead atoms. The predicted octanol–water partition coefficient (Wildman–Crippen LogP) is 4.62. The average Bonchev–Trinajstić information content (AvgIpc) is 2.76. The van der Waals surface area contributed by atoms with Crippen LogP contribution in [0.5, 0.6) is 11.5 Å². The molecular formula is C22H21Br2N3O5. The Bertz CT molecular complexity index is 1240. The van der Waals surface area contributed by atoms with E-state index in [1.807, 2.05) is 6.07 Å². The lowest BCUT2D eigenvalue weighted by molar-refractivity contribution is -0.139. The summed E-state index contributed by atoms with van der Waals surface area (Å²) in [5.41, 5.74) is 0.749. The topological polar surface area (TPSA) is 103 Å². The van der Waals surface area contributed by atoms with Crippen molar-refractivity contribution in [2.45, 2.75) is 26.2 Å². The van der Waals surface area contributed by atoms with Crippen LogP contribution in [0.2, 0.25) is 0 Å². The number of ether oxygens (including phenoxy) is 2. The Kier molecular flexibility index (Phi) is 8.03. The highest BCUT2D eigenvalue weighted by Crippen LogP contribution is 2.34. The largest absolute Gasteiger partial charge is 0.493 e. The van der Waals surface area contributed by atoms with Crippen molar-refractivity contribution in [1.82, 2.24) is 9.66 Å². The van der Waals surface area contributed by atoms with Gasteiger partial charge in [-0.25, -0.2) is 9.78 Å². The Morgan fingerprint density at radius 3 is 2.72 bits per heavy atom. The van der Waals surface area contributed by atoms with Gasteiger partial charge in [0, 0.05) is 20.9 Å². The van der Waals surface area contributed by atoms with Gasteiger partial charge in [-0.05, 0) is 36.8 Å². The quantitative estimate of drug-likeness (QED) is 0.379. The summed E-state index contributed by atoms with van der Waals surface area (Å²) in [7, 11) is 1.45. The molecule has 3 aromatic rings. The lowest BCUT2D eigenvalue weighted by atomic mass is 10.2. The van der Waals surface area contributed by atoms with Gasteiger partial charge in [0.1, 0.15) is 5.82 Å². The van der Waals surface area contributed by atoms with Crippen LogP contribution >= 0.6 is 31.9 Å². The van der Waals surface area contributed by atoms with Crippen molar-refractivity contribution < 1.29 is 19.4 Å². The normalized spacial score (nSPS) is 11.2. The third-order valence-electron chi connectivity index (χ3n) is 4.55. The summed E-state index contributed by atoms with van der Waals surface area (Å²) in [6, 6.07) is 8.70. The molecule has 0 aliphatic rings. The Morgan fingerprint density at radius 2 is 2.03 bits per heavy atom. The van der Waals surface area contributed by atoms with Crippen LogP contribution in [-0.4, -0.2) is 40.7 Å². The highest BCUT2D eigenvalue weighted by atomic mass is 79.9. The maximum atomic E-state index is 13.2. The van der Waals surface area contributed by atoms with Crippen LogP contribution < -0.4 is 15.0 Å². The molecule has 0 saturated heterocycles. The van der Waals surface area contributed by atoms with Gasteiger partial charge in [-0.3, -0.25) is 4.79 Å². The zero-order valence-electron chi connectivity index (χ0n) is 17.5. The van der Waals surface area contributed by atoms with E-state index < -0.39 is 12.6 Å². The van der Waals surface area contributed by atoms with Gasteiger partial charge in [0.15, 0.2) is 18.1 Å².